The summed E-state index contributed by atoms with van der Waals surface area (Å²) in [5.74, 6) is 0.798. The molecule has 0 aromatic carbocycles. The van der Waals surface area contributed by atoms with Crippen LogP contribution in [-0.2, 0) is 0 Å². The maximum atomic E-state index is 3.61. The smallest absolute Gasteiger partial charge is 0.0192 e. The molecular weight excluding hydrogens is 172 g/mol. The van der Waals surface area contributed by atoms with Crippen molar-refractivity contribution in [3.05, 3.63) is 0 Å². The van der Waals surface area contributed by atoms with Gasteiger partial charge in [0, 0.05) is 32.2 Å². The average molecular weight is 196 g/mol. The molecule has 2 fully saturated rings. The molecule has 1 atom stereocenters. The van der Waals surface area contributed by atoms with Crippen molar-refractivity contribution in [2.45, 2.75) is 39.7 Å². The number of nitrogens with zero attached hydrogens (tertiary/aromatic N) is 1. The summed E-state index contributed by atoms with van der Waals surface area (Å²) in [6, 6.07) is 0.720. The lowest BCUT2D eigenvalue weighted by molar-refractivity contribution is 0.172. The highest BCUT2D eigenvalue weighted by atomic mass is 15.2. The fourth-order valence-corrected chi connectivity index (χ4v) is 2.54. The summed E-state index contributed by atoms with van der Waals surface area (Å²) < 4.78 is 0. The van der Waals surface area contributed by atoms with Gasteiger partial charge in [-0.1, -0.05) is 13.8 Å². The van der Waals surface area contributed by atoms with E-state index in [4.69, 9.17) is 0 Å². The predicted molar refractivity (Wildman–Crippen MR) is 60.4 cm³/mol. The van der Waals surface area contributed by atoms with Gasteiger partial charge in [0.15, 0.2) is 0 Å². The first-order valence-electron chi connectivity index (χ1n) is 6.06. The Labute approximate surface area is 88.1 Å². The van der Waals surface area contributed by atoms with E-state index in [0.717, 1.165) is 12.0 Å². The van der Waals surface area contributed by atoms with E-state index in [0.29, 0.717) is 5.41 Å². The SMILES string of the molecule is CC(C)CN1CC2(CC2)CNCC1C. The van der Waals surface area contributed by atoms with Crippen molar-refractivity contribution in [3.63, 3.8) is 0 Å². The first-order valence-corrected chi connectivity index (χ1v) is 6.06. The van der Waals surface area contributed by atoms with Gasteiger partial charge in [-0.15, -0.1) is 0 Å². The van der Waals surface area contributed by atoms with Gasteiger partial charge in [-0.3, -0.25) is 4.90 Å². The second-order valence-corrected chi connectivity index (χ2v) is 5.80. The van der Waals surface area contributed by atoms with Gasteiger partial charge >= 0.3 is 0 Å². The average Bonchev–Trinajstić information content (AvgIpc) is 2.84. The van der Waals surface area contributed by atoms with Crippen LogP contribution in [0.15, 0.2) is 0 Å². The van der Waals surface area contributed by atoms with E-state index in [-0.39, 0.29) is 0 Å². The second kappa shape index (κ2) is 3.82. The van der Waals surface area contributed by atoms with Gasteiger partial charge in [-0.05, 0) is 31.1 Å². The van der Waals surface area contributed by atoms with Gasteiger partial charge in [0.05, 0.1) is 0 Å². The quantitative estimate of drug-likeness (QED) is 0.723. The number of hydrogen-bond donors (Lipinski definition) is 1. The molecule has 2 aliphatic rings. The Morgan fingerprint density at radius 2 is 2.14 bits per heavy atom. The Morgan fingerprint density at radius 3 is 2.71 bits per heavy atom. The summed E-state index contributed by atoms with van der Waals surface area (Å²) in [6.07, 6.45) is 2.89. The minimum Gasteiger partial charge on any atom is -0.315 e. The third-order valence-electron chi connectivity index (χ3n) is 3.66. The van der Waals surface area contributed by atoms with E-state index in [9.17, 15) is 0 Å². The monoisotopic (exact) mass is 196 g/mol. The highest BCUT2D eigenvalue weighted by molar-refractivity contribution is 5.00. The molecule has 14 heavy (non-hydrogen) atoms. The molecule has 1 saturated heterocycles. The highest BCUT2D eigenvalue weighted by Gasteiger charge is 2.45. The maximum absolute atomic E-state index is 3.61. The van der Waals surface area contributed by atoms with Gasteiger partial charge in [0.2, 0.25) is 0 Å². The van der Waals surface area contributed by atoms with Gasteiger partial charge in [0.1, 0.15) is 0 Å². The zero-order valence-electron chi connectivity index (χ0n) is 9.84. The van der Waals surface area contributed by atoms with Gasteiger partial charge < -0.3 is 5.32 Å². The predicted octanol–water partition coefficient (Wildman–Crippen LogP) is 1.72. The first-order chi connectivity index (χ1) is 6.61. The second-order valence-electron chi connectivity index (χ2n) is 5.80. The maximum Gasteiger partial charge on any atom is 0.0192 e. The molecule has 0 bridgehead atoms. The third-order valence-corrected chi connectivity index (χ3v) is 3.66. The summed E-state index contributed by atoms with van der Waals surface area (Å²) in [5, 5.41) is 3.61. The van der Waals surface area contributed by atoms with Crippen LogP contribution in [0.1, 0.15) is 33.6 Å². The summed E-state index contributed by atoms with van der Waals surface area (Å²) in [6.45, 7) is 12.0. The van der Waals surface area contributed by atoms with Crippen LogP contribution in [0, 0.1) is 11.3 Å². The van der Waals surface area contributed by atoms with E-state index in [1.54, 1.807) is 0 Å². The molecule has 1 spiro atoms. The number of rotatable bonds is 2. The molecule has 1 heterocycles. The van der Waals surface area contributed by atoms with E-state index in [2.05, 4.69) is 31.0 Å². The molecule has 1 aliphatic carbocycles. The zero-order valence-corrected chi connectivity index (χ0v) is 9.84. The Bertz CT molecular complexity index is 196. The molecule has 1 aliphatic heterocycles. The Balaban J connectivity index is 1.96. The first kappa shape index (κ1) is 10.4. The van der Waals surface area contributed by atoms with Crippen molar-refractivity contribution in [1.82, 2.24) is 10.2 Å². The third kappa shape index (κ3) is 2.29. The van der Waals surface area contributed by atoms with Crippen molar-refractivity contribution in [1.29, 1.82) is 0 Å². The number of hydrogen-bond acceptors (Lipinski definition) is 2. The summed E-state index contributed by atoms with van der Waals surface area (Å²) in [4.78, 5) is 2.69. The summed E-state index contributed by atoms with van der Waals surface area (Å²) >= 11 is 0. The van der Waals surface area contributed by atoms with E-state index in [1.165, 1.54) is 39.0 Å². The van der Waals surface area contributed by atoms with Crippen LogP contribution in [0.25, 0.3) is 0 Å². The van der Waals surface area contributed by atoms with Crippen LogP contribution in [0.3, 0.4) is 0 Å². The van der Waals surface area contributed by atoms with E-state index >= 15 is 0 Å². The van der Waals surface area contributed by atoms with Crippen molar-refractivity contribution in [2.75, 3.05) is 26.2 Å². The lowest BCUT2D eigenvalue weighted by atomic mass is 10.1. The van der Waals surface area contributed by atoms with Crippen molar-refractivity contribution < 1.29 is 0 Å². The summed E-state index contributed by atoms with van der Waals surface area (Å²) in [5.41, 5.74) is 0.666. The van der Waals surface area contributed by atoms with Gasteiger partial charge in [-0.25, -0.2) is 0 Å². The standard InChI is InChI=1S/C12H24N2/c1-10(2)7-14-9-12(4-5-12)8-13-6-11(14)3/h10-11,13H,4-9H2,1-3H3. The molecule has 2 nitrogen and oxygen atoms in total. The number of nitrogens with one attached hydrogen (secondary N) is 1. The van der Waals surface area contributed by atoms with Crippen LogP contribution >= 0.6 is 0 Å². The molecule has 2 rings (SSSR count). The lowest BCUT2D eigenvalue weighted by Gasteiger charge is -2.30. The molecular formula is C12H24N2. The van der Waals surface area contributed by atoms with Crippen LogP contribution in [0.2, 0.25) is 0 Å². The minimum absolute atomic E-state index is 0.666. The summed E-state index contributed by atoms with van der Waals surface area (Å²) in [7, 11) is 0. The molecule has 1 N–H and O–H groups in total. The molecule has 0 amide bonds. The molecule has 0 aromatic rings. The molecule has 0 aromatic heterocycles. The van der Waals surface area contributed by atoms with Crippen LogP contribution in [-0.4, -0.2) is 37.1 Å². The van der Waals surface area contributed by atoms with Crippen molar-refractivity contribution in [3.8, 4) is 0 Å². The van der Waals surface area contributed by atoms with Crippen LogP contribution < -0.4 is 5.32 Å². The normalized spacial score (nSPS) is 32.1. The fourth-order valence-electron chi connectivity index (χ4n) is 2.54. The molecule has 1 saturated carbocycles. The van der Waals surface area contributed by atoms with Crippen LogP contribution in [0.5, 0.6) is 0 Å². The van der Waals surface area contributed by atoms with Crippen LogP contribution in [0.4, 0.5) is 0 Å². The Hall–Kier alpha value is -0.0800. The molecule has 82 valence electrons. The van der Waals surface area contributed by atoms with E-state index < -0.39 is 0 Å². The zero-order chi connectivity index (χ0) is 10.2. The van der Waals surface area contributed by atoms with Gasteiger partial charge in [0.25, 0.3) is 0 Å². The van der Waals surface area contributed by atoms with Gasteiger partial charge in [-0.2, -0.15) is 0 Å². The Morgan fingerprint density at radius 1 is 1.43 bits per heavy atom. The minimum atomic E-state index is 0.666. The van der Waals surface area contributed by atoms with Crippen molar-refractivity contribution >= 4 is 0 Å². The Kier molecular flexibility index (Phi) is 2.85. The van der Waals surface area contributed by atoms with Crippen molar-refractivity contribution in [2.24, 2.45) is 11.3 Å². The highest BCUT2D eigenvalue weighted by Crippen LogP contribution is 2.46. The van der Waals surface area contributed by atoms with E-state index in [1.807, 2.05) is 0 Å². The molecule has 1 unspecified atom stereocenters. The molecule has 0 radical (unpaired) electrons. The molecule has 2 heteroatoms. The topological polar surface area (TPSA) is 15.3 Å². The lowest BCUT2D eigenvalue weighted by Crippen LogP contribution is -2.40. The fraction of sp³-hybridized carbons (Fsp3) is 1.00. The largest absolute Gasteiger partial charge is 0.315 e.